The summed E-state index contributed by atoms with van der Waals surface area (Å²) in [5, 5.41) is 0. The molecule has 0 aliphatic heterocycles. The fraction of sp³-hybridized carbons (Fsp3) is 0.684. The lowest BCUT2D eigenvalue weighted by Gasteiger charge is -2.50. The summed E-state index contributed by atoms with van der Waals surface area (Å²) >= 11 is 0. The van der Waals surface area contributed by atoms with Gasteiger partial charge in [-0.3, -0.25) is 0 Å². The average Bonchev–Trinajstić information content (AvgIpc) is 2.91. The van der Waals surface area contributed by atoms with E-state index < -0.39 is 0 Å². The van der Waals surface area contributed by atoms with E-state index in [1.807, 2.05) is 0 Å². The van der Waals surface area contributed by atoms with Gasteiger partial charge < -0.3 is 0 Å². The van der Waals surface area contributed by atoms with Crippen molar-refractivity contribution in [2.45, 2.75) is 64.2 Å². The summed E-state index contributed by atoms with van der Waals surface area (Å²) in [6.07, 6.45) is 11.8. The van der Waals surface area contributed by atoms with Crippen LogP contribution in [0.15, 0.2) is 24.3 Å². The molecule has 102 valence electrons. The Morgan fingerprint density at radius 1 is 1.11 bits per heavy atom. The number of rotatable bonds is 1. The second-order valence-corrected chi connectivity index (χ2v) is 7.26. The molecule has 0 heteroatoms. The molecular formula is C19H26. The molecule has 1 aromatic rings. The quantitative estimate of drug-likeness (QED) is 0.636. The highest BCUT2D eigenvalue weighted by atomic mass is 14.6. The van der Waals surface area contributed by atoms with Crippen LogP contribution < -0.4 is 0 Å². The van der Waals surface area contributed by atoms with E-state index in [1.54, 1.807) is 11.1 Å². The van der Waals surface area contributed by atoms with E-state index in [1.165, 1.54) is 51.4 Å². The molecule has 0 heterocycles. The standard InChI is InChI=1S/C19H26/c1-2-19-12-5-8-18(19)17-10-9-14-6-3-4-7-15(14)16(17)11-13-19/h3-4,6-7,16-18H,2,5,8-13H2,1H3/t16-,17-,18+,19+/m1/s1. The third kappa shape index (κ3) is 1.65. The van der Waals surface area contributed by atoms with E-state index in [0.29, 0.717) is 0 Å². The van der Waals surface area contributed by atoms with Crippen molar-refractivity contribution in [3.63, 3.8) is 0 Å². The number of hydrogen-bond donors (Lipinski definition) is 0. The SMILES string of the molecule is CC[C@@]12CCC[C@H]1[C@@H]1CCc3ccccc3[C@H]1CC2. The smallest absolute Gasteiger partial charge is 0.0128 e. The van der Waals surface area contributed by atoms with Crippen molar-refractivity contribution in [1.82, 2.24) is 0 Å². The lowest BCUT2D eigenvalue weighted by atomic mass is 9.54. The van der Waals surface area contributed by atoms with E-state index in [4.69, 9.17) is 0 Å². The number of hydrogen-bond acceptors (Lipinski definition) is 0. The van der Waals surface area contributed by atoms with Gasteiger partial charge in [0.15, 0.2) is 0 Å². The summed E-state index contributed by atoms with van der Waals surface area (Å²) in [6, 6.07) is 9.30. The maximum absolute atomic E-state index is 2.45. The second kappa shape index (κ2) is 4.36. The highest BCUT2D eigenvalue weighted by molar-refractivity contribution is 5.34. The Kier molecular flexibility index (Phi) is 2.76. The molecule has 2 saturated carbocycles. The van der Waals surface area contributed by atoms with Gasteiger partial charge in [-0.15, -0.1) is 0 Å². The third-order valence-electron chi connectivity index (χ3n) is 6.87. The van der Waals surface area contributed by atoms with Gasteiger partial charge in [-0.2, -0.15) is 0 Å². The second-order valence-electron chi connectivity index (χ2n) is 7.26. The van der Waals surface area contributed by atoms with Crippen LogP contribution in [0.1, 0.15) is 68.9 Å². The Bertz CT molecular complexity index is 475. The molecule has 2 fully saturated rings. The van der Waals surface area contributed by atoms with Gasteiger partial charge in [-0.25, -0.2) is 0 Å². The van der Waals surface area contributed by atoms with E-state index in [9.17, 15) is 0 Å². The monoisotopic (exact) mass is 254 g/mol. The highest BCUT2D eigenvalue weighted by Gasteiger charge is 2.51. The topological polar surface area (TPSA) is 0 Å². The van der Waals surface area contributed by atoms with Gasteiger partial charge in [0.2, 0.25) is 0 Å². The van der Waals surface area contributed by atoms with E-state index >= 15 is 0 Å². The molecule has 0 unspecified atom stereocenters. The highest BCUT2D eigenvalue weighted by Crippen LogP contribution is 2.62. The molecule has 0 saturated heterocycles. The van der Waals surface area contributed by atoms with Crippen LogP contribution in [0.25, 0.3) is 0 Å². The van der Waals surface area contributed by atoms with Crippen molar-refractivity contribution in [2.75, 3.05) is 0 Å². The van der Waals surface area contributed by atoms with Crippen molar-refractivity contribution in [1.29, 1.82) is 0 Å². The van der Waals surface area contributed by atoms with Gasteiger partial charge in [0, 0.05) is 0 Å². The average molecular weight is 254 g/mol. The molecule has 0 bridgehead atoms. The van der Waals surface area contributed by atoms with Crippen molar-refractivity contribution in [2.24, 2.45) is 17.3 Å². The first kappa shape index (κ1) is 12.0. The fourth-order valence-corrected chi connectivity index (χ4v) is 5.93. The Labute approximate surface area is 117 Å². The van der Waals surface area contributed by atoms with Crippen molar-refractivity contribution >= 4 is 0 Å². The van der Waals surface area contributed by atoms with Gasteiger partial charge >= 0.3 is 0 Å². The minimum Gasteiger partial charge on any atom is -0.0648 e. The number of benzene rings is 1. The molecule has 0 N–H and O–H groups in total. The first-order chi connectivity index (χ1) is 9.34. The van der Waals surface area contributed by atoms with Crippen LogP contribution in [0.3, 0.4) is 0 Å². The molecule has 4 atom stereocenters. The van der Waals surface area contributed by atoms with Crippen molar-refractivity contribution < 1.29 is 0 Å². The zero-order chi connectivity index (χ0) is 12.9. The van der Waals surface area contributed by atoms with Gasteiger partial charge in [0.05, 0.1) is 0 Å². The van der Waals surface area contributed by atoms with Crippen LogP contribution in [-0.4, -0.2) is 0 Å². The number of aryl methyl sites for hydroxylation is 1. The van der Waals surface area contributed by atoms with Gasteiger partial charge in [-0.05, 0) is 72.8 Å². The van der Waals surface area contributed by atoms with Crippen LogP contribution in [0, 0.1) is 17.3 Å². The predicted octanol–water partition coefficient (Wildman–Crippen LogP) is 5.32. The third-order valence-corrected chi connectivity index (χ3v) is 6.87. The zero-order valence-electron chi connectivity index (χ0n) is 12.2. The Balaban J connectivity index is 1.71. The fourth-order valence-electron chi connectivity index (χ4n) is 5.93. The van der Waals surface area contributed by atoms with E-state index in [2.05, 4.69) is 31.2 Å². The normalized spacial score (nSPS) is 40.4. The van der Waals surface area contributed by atoms with Crippen LogP contribution in [0.2, 0.25) is 0 Å². The molecule has 0 radical (unpaired) electrons. The van der Waals surface area contributed by atoms with Crippen molar-refractivity contribution in [3.8, 4) is 0 Å². The summed E-state index contributed by atoms with van der Waals surface area (Å²) in [6.45, 7) is 2.45. The minimum atomic E-state index is 0.744. The zero-order valence-corrected chi connectivity index (χ0v) is 12.2. The van der Waals surface area contributed by atoms with Gasteiger partial charge in [0.25, 0.3) is 0 Å². The maximum Gasteiger partial charge on any atom is -0.0128 e. The van der Waals surface area contributed by atoms with Crippen LogP contribution in [0.4, 0.5) is 0 Å². The molecular weight excluding hydrogens is 228 g/mol. The molecule has 0 aromatic heterocycles. The van der Waals surface area contributed by atoms with Crippen molar-refractivity contribution in [3.05, 3.63) is 35.4 Å². The molecule has 1 aromatic carbocycles. The summed E-state index contributed by atoms with van der Waals surface area (Å²) < 4.78 is 0. The Morgan fingerprint density at radius 2 is 2.00 bits per heavy atom. The molecule has 3 aliphatic carbocycles. The molecule has 0 nitrogen and oxygen atoms in total. The largest absolute Gasteiger partial charge is 0.0648 e. The molecule has 0 spiro atoms. The first-order valence-electron chi connectivity index (χ1n) is 8.42. The van der Waals surface area contributed by atoms with Gasteiger partial charge in [-0.1, -0.05) is 44.0 Å². The minimum absolute atomic E-state index is 0.744. The van der Waals surface area contributed by atoms with Crippen LogP contribution in [-0.2, 0) is 6.42 Å². The van der Waals surface area contributed by atoms with Crippen LogP contribution in [0.5, 0.6) is 0 Å². The van der Waals surface area contributed by atoms with E-state index in [-0.39, 0.29) is 0 Å². The number of fused-ring (bicyclic) bond motifs is 5. The lowest BCUT2D eigenvalue weighted by molar-refractivity contribution is 0.0409. The van der Waals surface area contributed by atoms with E-state index in [0.717, 1.165) is 23.2 Å². The molecule has 3 aliphatic rings. The summed E-state index contributed by atoms with van der Waals surface area (Å²) in [5.74, 6) is 2.95. The molecule has 4 rings (SSSR count). The maximum atomic E-state index is 2.45. The lowest BCUT2D eigenvalue weighted by Crippen LogP contribution is -2.40. The van der Waals surface area contributed by atoms with Crippen LogP contribution >= 0.6 is 0 Å². The summed E-state index contributed by atoms with van der Waals surface area (Å²) in [5.41, 5.74) is 4.12. The molecule has 19 heavy (non-hydrogen) atoms. The first-order valence-corrected chi connectivity index (χ1v) is 8.42. The van der Waals surface area contributed by atoms with Gasteiger partial charge in [0.1, 0.15) is 0 Å². The Hall–Kier alpha value is -0.780. The summed E-state index contributed by atoms with van der Waals surface area (Å²) in [7, 11) is 0. The molecule has 0 amide bonds. The summed E-state index contributed by atoms with van der Waals surface area (Å²) in [4.78, 5) is 0. The Morgan fingerprint density at radius 3 is 2.89 bits per heavy atom. The predicted molar refractivity (Wildman–Crippen MR) is 80.3 cm³/mol.